The van der Waals surface area contributed by atoms with Gasteiger partial charge in [-0.05, 0) is 62.3 Å². The van der Waals surface area contributed by atoms with Crippen LogP contribution < -0.4 is 9.64 Å². The van der Waals surface area contributed by atoms with E-state index < -0.39 is 0 Å². The Labute approximate surface area is 195 Å². The number of likely N-dealkylation sites (N-methyl/N-ethyl adjacent to an activating group) is 1. The van der Waals surface area contributed by atoms with E-state index in [0.29, 0.717) is 19.6 Å². The Bertz CT molecular complexity index is 935. The number of hydrogen-bond acceptors (Lipinski definition) is 5. The predicted octanol–water partition coefficient (Wildman–Crippen LogP) is 5.48. The van der Waals surface area contributed by atoms with Crippen molar-refractivity contribution in [3.05, 3.63) is 53.6 Å². The molecular weight excluding hydrogens is 430 g/mol. The lowest BCUT2D eigenvalue weighted by Gasteiger charge is -2.24. The van der Waals surface area contributed by atoms with Gasteiger partial charge in [0.25, 0.3) is 0 Å². The predicted molar refractivity (Wildman–Crippen MR) is 133 cm³/mol. The molecule has 5 nitrogen and oxygen atoms in total. The van der Waals surface area contributed by atoms with E-state index in [1.807, 2.05) is 35.2 Å². The molecule has 0 saturated heterocycles. The van der Waals surface area contributed by atoms with Crippen molar-refractivity contribution < 1.29 is 9.53 Å². The number of fused-ring (bicyclic) bond motifs is 1. The number of ether oxygens (including phenoxy) is 1. The molecule has 168 valence electrons. The highest BCUT2D eigenvalue weighted by Gasteiger charge is 2.20. The SMILES string of the molecule is CCN(CC)CCN(C(=O)CCOc1ccccc1)c1nc2cc(C)c(C)cc2s1.Cl. The van der Waals surface area contributed by atoms with E-state index >= 15 is 0 Å². The minimum Gasteiger partial charge on any atom is -0.493 e. The summed E-state index contributed by atoms with van der Waals surface area (Å²) in [5.74, 6) is 0.830. The van der Waals surface area contributed by atoms with Crippen LogP contribution >= 0.6 is 23.7 Å². The van der Waals surface area contributed by atoms with Gasteiger partial charge in [0.15, 0.2) is 5.13 Å². The fourth-order valence-corrected chi connectivity index (χ4v) is 4.39. The monoisotopic (exact) mass is 461 g/mol. The van der Waals surface area contributed by atoms with Crippen LogP contribution in [0.2, 0.25) is 0 Å². The second-order valence-electron chi connectivity index (χ2n) is 7.38. The van der Waals surface area contributed by atoms with Gasteiger partial charge in [0.05, 0.1) is 23.2 Å². The molecule has 0 atom stereocenters. The number of para-hydroxylation sites is 1. The molecule has 0 aliphatic heterocycles. The maximum atomic E-state index is 13.1. The van der Waals surface area contributed by atoms with Crippen molar-refractivity contribution in [3.63, 3.8) is 0 Å². The van der Waals surface area contributed by atoms with Gasteiger partial charge in [0.1, 0.15) is 5.75 Å². The van der Waals surface area contributed by atoms with Gasteiger partial charge >= 0.3 is 0 Å². The van der Waals surface area contributed by atoms with Crippen LogP contribution in [-0.4, -0.2) is 48.6 Å². The standard InChI is InChI=1S/C24H31N3O2S.ClH/c1-5-26(6-2)13-14-27(23(28)12-15-29-20-10-8-7-9-11-20)24-25-21-16-18(3)19(4)17-22(21)30-24;/h7-11,16-17H,5-6,12-15H2,1-4H3;1H. The summed E-state index contributed by atoms with van der Waals surface area (Å²) in [5, 5.41) is 0.770. The van der Waals surface area contributed by atoms with E-state index in [1.165, 1.54) is 11.1 Å². The largest absolute Gasteiger partial charge is 0.493 e. The van der Waals surface area contributed by atoms with E-state index in [4.69, 9.17) is 9.72 Å². The van der Waals surface area contributed by atoms with E-state index in [1.54, 1.807) is 11.3 Å². The van der Waals surface area contributed by atoms with Crippen LogP contribution in [0.4, 0.5) is 5.13 Å². The minimum atomic E-state index is 0. The third kappa shape index (κ3) is 6.66. The average molecular weight is 462 g/mol. The summed E-state index contributed by atoms with van der Waals surface area (Å²) in [6.45, 7) is 12.2. The number of nitrogens with zero attached hydrogens (tertiary/aromatic N) is 3. The van der Waals surface area contributed by atoms with Crippen molar-refractivity contribution in [2.24, 2.45) is 0 Å². The van der Waals surface area contributed by atoms with Gasteiger partial charge in [-0.2, -0.15) is 0 Å². The highest BCUT2D eigenvalue weighted by Crippen LogP contribution is 2.31. The number of halogens is 1. The number of benzene rings is 2. The molecule has 0 aliphatic rings. The summed E-state index contributed by atoms with van der Waals surface area (Å²) >= 11 is 1.59. The van der Waals surface area contributed by atoms with Crippen LogP contribution in [0.25, 0.3) is 10.2 Å². The molecule has 0 fully saturated rings. The lowest BCUT2D eigenvalue weighted by molar-refractivity contribution is -0.119. The second kappa shape index (κ2) is 12.0. The van der Waals surface area contributed by atoms with Gasteiger partial charge in [0.2, 0.25) is 5.91 Å². The molecule has 0 spiro atoms. The molecule has 0 unspecified atom stereocenters. The van der Waals surface area contributed by atoms with Crippen molar-refractivity contribution in [1.29, 1.82) is 0 Å². The number of aryl methyl sites for hydroxylation is 2. The number of anilines is 1. The summed E-state index contributed by atoms with van der Waals surface area (Å²) in [6, 6.07) is 13.9. The Kier molecular flexibility index (Phi) is 9.75. The first kappa shape index (κ1) is 25.1. The lowest BCUT2D eigenvalue weighted by Crippen LogP contribution is -2.39. The number of hydrogen-bond donors (Lipinski definition) is 0. The molecule has 3 rings (SSSR count). The number of thiazole rings is 1. The molecule has 3 aromatic rings. The molecule has 0 N–H and O–H groups in total. The molecule has 1 amide bonds. The van der Waals surface area contributed by atoms with E-state index in [0.717, 1.165) is 40.7 Å². The zero-order valence-electron chi connectivity index (χ0n) is 18.8. The van der Waals surface area contributed by atoms with Crippen molar-refractivity contribution in [2.45, 2.75) is 34.1 Å². The Hall–Kier alpha value is -2.15. The fraction of sp³-hybridized carbons (Fsp3) is 0.417. The summed E-state index contributed by atoms with van der Waals surface area (Å²) < 4.78 is 6.87. The molecule has 1 heterocycles. The summed E-state index contributed by atoms with van der Waals surface area (Å²) in [4.78, 5) is 22.1. The Morgan fingerprint density at radius 1 is 1.03 bits per heavy atom. The maximum Gasteiger partial charge on any atom is 0.232 e. The first-order chi connectivity index (χ1) is 14.5. The molecular formula is C24H32ClN3O2S. The average Bonchev–Trinajstić information content (AvgIpc) is 3.14. The van der Waals surface area contributed by atoms with Gasteiger partial charge in [-0.1, -0.05) is 43.4 Å². The van der Waals surface area contributed by atoms with E-state index in [9.17, 15) is 4.79 Å². The zero-order chi connectivity index (χ0) is 21.5. The summed E-state index contributed by atoms with van der Waals surface area (Å²) in [7, 11) is 0. The van der Waals surface area contributed by atoms with Crippen molar-refractivity contribution in [2.75, 3.05) is 37.7 Å². The van der Waals surface area contributed by atoms with Gasteiger partial charge < -0.3 is 9.64 Å². The topological polar surface area (TPSA) is 45.7 Å². The summed E-state index contributed by atoms with van der Waals surface area (Å²) in [5.41, 5.74) is 3.42. The van der Waals surface area contributed by atoms with Gasteiger partial charge in [-0.25, -0.2) is 4.98 Å². The Morgan fingerprint density at radius 3 is 2.39 bits per heavy atom. The molecule has 7 heteroatoms. The first-order valence-electron chi connectivity index (χ1n) is 10.6. The first-order valence-corrected chi connectivity index (χ1v) is 11.4. The highest BCUT2D eigenvalue weighted by atomic mass is 35.5. The van der Waals surface area contributed by atoms with E-state index in [2.05, 4.69) is 44.7 Å². The van der Waals surface area contributed by atoms with Crippen LogP contribution in [0, 0.1) is 13.8 Å². The number of carbonyl (C=O) groups is 1. The highest BCUT2D eigenvalue weighted by molar-refractivity contribution is 7.22. The number of rotatable bonds is 10. The quantitative estimate of drug-likeness (QED) is 0.401. The van der Waals surface area contributed by atoms with Crippen molar-refractivity contribution in [1.82, 2.24) is 9.88 Å². The van der Waals surface area contributed by atoms with Crippen molar-refractivity contribution >= 4 is 45.0 Å². The molecule has 1 aromatic heterocycles. The van der Waals surface area contributed by atoms with Gasteiger partial charge in [0, 0.05) is 13.1 Å². The minimum absolute atomic E-state index is 0. The Morgan fingerprint density at radius 2 is 1.71 bits per heavy atom. The van der Waals surface area contributed by atoms with Crippen LogP contribution in [0.15, 0.2) is 42.5 Å². The molecule has 0 radical (unpaired) electrons. The third-order valence-electron chi connectivity index (χ3n) is 5.39. The third-order valence-corrected chi connectivity index (χ3v) is 6.43. The number of carbonyl (C=O) groups excluding carboxylic acids is 1. The zero-order valence-corrected chi connectivity index (χ0v) is 20.4. The maximum absolute atomic E-state index is 13.1. The van der Waals surface area contributed by atoms with E-state index in [-0.39, 0.29) is 18.3 Å². The molecule has 2 aromatic carbocycles. The summed E-state index contributed by atoms with van der Waals surface area (Å²) in [6.07, 6.45) is 0.321. The number of amides is 1. The molecule has 0 saturated carbocycles. The normalized spacial score (nSPS) is 10.9. The molecule has 31 heavy (non-hydrogen) atoms. The second-order valence-corrected chi connectivity index (χ2v) is 8.39. The van der Waals surface area contributed by atoms with Crippen molar-refractivity contribution in [3.8, 4) is 5.75 Å². The smallest absolute Gasteiger partial charge is 0.232 e. The number of aromatic nitrogens is 1. The molecule has 0 bridgehead atoms. The van der Waals surface area contributed by atoms with Crippen LogP contribution in [0.3, 0.4) is 0 Å². The van der Waals surface area contributed by atoms with Gasteiger partial charge in [-0.3, -0.25) is 9.69 Å². The fourth-order valence-electron chi connectivity index (χ4n) is 3.30. The Balaban J connectivity index is 0.00000341. The van der Waals surface area contributed by atoms with Gasteiger partial charge in [-0.15, -0.1) is 12.4 Å². The van der Waals surface area contributed by atoms with Crippen LogP contribution in [0.5, 0.6) is 5.75 Å². The molecule has 0 aliphatic carbocycles. The van der Waals surface area contributed by atoms with Crippen LogP contribution in [-0.2, 0) is 4.79 Å². The van der Waals surface area contributed by atoms with Crippen LogP contribution in [0.1, 0.15) is 31.4 Å². The lowest BCUT2D eigenvalue weighted by atomic mass is 10.1.